The maximum absolute atomic E-state index is 12.8. The zero-order valence-corrected chi connectivity index (χ0v) is 17.9. The predicted molar refractivity (Wildman–Crippen MR) is 115 cm³/mol. The summed E-state index contributed by atoms with van der Waals surface area (Å²) in [6.07, 6.45) is 4.36. The normalized spacial score (nSPS) is 12.4. The van der Waals surface area contributed by atoms with Crippen LogP contribution in [0.3, 0.4) is 0 Å². The first-order chi connectivity index (χ1) is 13.3. The fraction of sp³-hybridized carbons (Fsp3) is 0.0476. The van der Waals surface area contributed by atoms with E-state index in [4.69, 9.17) is 11.6 Å². The molecule has 0 fully saturated rings. The molecule has 0 bridgehead atoms. The summed E-state index contributed by atoms with van der Waals surface area (Å²) in [5.41, 5.74) is 1.62. The number of carbonyl (C=O) groups is 1. The Bertz CT molecular complexity index is 1220. The van der Waals surface area contributed by atoms with Crippen molar-refractivity contribution in [1.82, 2.24) is 4.98 Å². The quantitative estimate of drug-likeness (QED) is 0.481. The lowest BCUT2D eigenvalue weighted by Crippen LogP contribution is -2.04. The van der Waals surface area contributed by atoms with Crippen molar-refractivity contribution in [2.24, 2.45) is 4.36 Å². The van der Waals surface area contributed by atoms with E-state index in [0.29, 0.717) is 15.5 Å². The molecule has 0 N–H and O–H groups in total. The Kier molecular flexibility index (Phi) is 6.30. The number of benzene rings is 2. The summed E-state index contributed by atoms with van der Waals surface area (Å²) < 4.78 is 17.7. The number of aromatic nitrogens is 1. The Morgan fingerprint density at radius 2 is 1.79 bits per heavy atom. The van der Waals surface area contributed by atoms with E-state index in [-0.39, 0.29) is 5.56 Å². The van der Waals surface area contributed by atoms with Gasteiger partial charge in [-0.1, -0.05) is 45.4 Å². The Balaban J connectivity index is 1.88. The van der Waals surface area contributed by atoms with Crippen LogP contribution in [0.25, 0.3) is 0 Å². The van der Waals surface area contributed by atoms with Gasteiger partial charge in [0.2, 0.25) is 0 Å². The molecule has 3 aromatic rings. The molecule has 0 aliphatic heterocycles. The van der Waals surface area contributed by atoms with Gasteiger partial charge >= 0.3 is 0 Å². The number of hydrogen-bond donors (Lipinski definition) is 0. The molecule has 28 heavy (non-hydrogen) atoms. The van der Waals surface area contributed by atoms with E-state index in [2.05, 4.69) is 37.1 Å². The molecule has 2 aromatic carbocycles. The Morgan fingerprint density at radius 3 is 2.50 bits per heavy atom. The summed E-state index contributed by atoms with van der Waals surface area (Å²) in [6, 6.07) is 15.6. The van der Waals surface area contributed by atoms with Crippen LogP contribution in [0.15, 0.2) is 80.7 Å². The zero-order chi connectivity index (χ0) is 20.1. The molecule has 1 amide bonds. The molecular formula is C21H14BrClN2O2S. The van der Waals surface area contributed by atoms with Gasteiger partial charge in [0.05, 0.1) is 15.3 Å². The predicted octanol–water partition coefficient (Wildman–Crippen LogP) is 5.19. The van der Waals surface area contributed by atoms with Crippen LogP contribution in [0.5, 0.6) is 0 Å². The average molecular weight is 474 g/mol. The molecule has 3 rings (SSSR count). The lowest BCUT2D eigenvalue weighted by molar-refractivity contribution is 0.100. The lowest BCUT2D eigenvalue weighted by atomic mass is 10.2. The highest BCUT2D eigenvalue weighted by atomic mass is 79.9. The first-order valence-corrected chi connectivity index (χ1v) is 11.2. The van der Waals surface area contributed by atoms with Crippen molar-refractivity contribution in [3.8, 4) is 11.8 Å². The highest BCUT2D eigenvalue weighted by molar-refractivity contribution is 9.10. The van der Waals surface area contributed by atoms with Gasteiger partial charge in [-0.2, -0.15) is 4.36 Å². The largest absolute Gasteiger partial charge is 0.286 e. The third-order valence-corrected chi connectivity index (χ3v) is 6.08. The molecule has 1 unspecified atom stereocenters. The van der Waals surface area contributed by atoms with E-state index in [1.54, 1.807) is 36.5 Å². The monoisotopic (exact) mass is 472 g/mol. The van der Waals surface area contributed by atoms with Crippen LogP contribution in [0, 0.1) is 11.8 Å². The van der Waals surface area contributed by atoms with Gasteiger partial charge in [-0.15, -0.1) is 0 Å². The van der Waals surface area contributed by atoms with E-state index >= 15 is 0 Å². The fourth-order valence-corrected chi connectivity index (χ4v) is 3.98. The minimum Gasteiger partial charge on any atom is -0.266 e. The SMILES string of the molecule is CS(=O)(=NC(=O)c1cncc(C#Cc2cccc(Br)c2)c1)c1ccc(Cl)cc1. The van der Waals surface area contributed by atoms with E-state index in [9.17, 15) is 9.00 Å². The molecule has 7 heteroatoms. The van der Waals surface area contributed by atoms with Crippen molar-refractivity contribution in [2.75, 3.05) is 6.26 Å². The molecule has 0 spiro atoms. The van der Waals surface area contributed by atoms with Gasteiger partial charge in [-0.25, -0.2) is 4.21 Å². The van der Waals surface area contributed by atoms with Crippen LogP contribution in [0.2, 0.25) is 5.02 Å². The van der Waals surface area contributed by atoms with Crippen LogP contribution in [-0.2, 0) is 9.73 Å². The highest BCUT2D eigenvalue weighted by Crippen LogP contribution is 2.17. The number of nitrogens with zero attached hydrogens (tertiary/aromatic N) is 2. The summed E-state index contributed by atoms with van der Waals surface area (Å²) in [5.74, 6) is 5.38. The molecule has 0 aliphatic carbocycles. The molecule has 0 saturated carbocycles. The first kappa shape index (κ1) is 20.3. The zero-order valence-electron chi connectivity index (χ0n) is 14.7. The number of halogens is 2. The minimum atomic E-state index is -2.90. The van der Waals surface area contributed by atoms with Crippen molar-refractivity contribution in [3.63, 3.8) is 0 Å². The summed E-state index contributed by atoms with van der Waals surface area (Å²) in [4.78, 5) is 17.0. The Hall–Kier alpha value is -2.46. The van der Waals surface area contributed by atoms with Crippen LogP contribution in [-0.4, -0.2) is 21.4 Å². The van der Waals surface area contributed by atoms with E-state index in [1.165, 1.54) is 12.5 Å². The molecule has 1 aromatic heterocycles. The van der Waals surface area contributed by atoms with Crippen LogP contribution in [0.1, 0.15) is 21.5 Å². The van der Waals surface area contributed by atoms with Crippen molar-refractivity contribution in [1.29, 1.82) is 0 Å². The van der Waals surface area contributed by atoms with Crippen LogP contribution in [0.4, 0.5) is 0 Å². The summed E-state index contributed by atoms with van der Waals surface area (Å²) in [6.45, 7) is 0. The minimum absolute atomic E-state index is 0.226. The van der Waals surface area contributed by atoms with Crippen molar-refractivity contribution in [2.45, 2.75) is 4.90 Å². The first-order valence-electron chi connectivity index (χ1n) is 8.08. The number of carbonyl (C=O) groups excluding carboxylic acids is 1. The summed E-state index contributed by atoms with van der Waals surface area (Å²) in [7, 11) is -2.90. The van der Waals surface area contributed by atoms with Gasteiger partial charge in [0, 0.05) is 44.2 Å². The third kappa shape index (κ3) is 5.29. The van der Waals surface area contributed by atoms with Gasteiger partial charge in [0.25, 0.3) is 5.91 Å². The van der Waals surface area contributed by atoms with Gasteiger partial charge in [0.15, 0.2) is 0 Å². The molecule has 4 nitrogen and oxygen atoms in total. The average Bonchev–Trinajstić information content (AvgIpc) is 2.67. The fourth-order valence-electron chi connectivity index (χ4n) is 2.29. The number of rotatable bonds is 2. The Morgan fingerprint density at radius 1 is 1.07 bits per heavy atom. The molecular weight excluding hydrogens is 460 g/mol. The van der Waals surface area contributed by atoms with Gasteiger partial charge in [0.1, 0.15) is 0 Å². The van der Waals surface area contributed by atoms with Crippen molar-refractivity contribution in [3.05, 3.63) is 93.2 Å². The second kappa shape index (κ2) is 8.70. The van der Waals surface area contributed by atoms with Gasteiger partial charge in [-0.3, -0.25) is 9.78 Å². The Labute approximate surface area is 177 Å². The van der Waals surface area contributed by atoms with E-state index < -0.39 is 15.6 Å². The number of amides is 1. The molecule has 0 radical (unpaired) electrons. The lowest BCUT2D eigenvalue weighted by Gasteiger charge is -2.04. The maximum atomic E-state index is 12.8. The molecule has 1 atom stereocenters. The standard InChI is InChI=1S/C21H14BrClN2O2S/c1-28(27,20-9-7-19(23)8-10-20)25-21(26)17-11-16(13-24-14-17)6-5-15-3-2-4-18(22)12-15/h2-4,7-14H,1H3. The topological polar surface area (TPSA) is 59.4 Å². The van der Waals surface area contributed by atoms with E-state index in [0.717, 1.165) is 10.0 Å². The van der Waals surface area contributed by atoms with Crippen molar-refractivity contribution >= 4 is 43.2 Å². The number of pyridine rings is 1. The van der Waals surface area contributed by atoms with Crippen molar-refractivity contribution < 1.29 is 9.00 Å². The molecule has 140 valence electrons. The second-order valence-corrected chi connectivity index (χ2v) is 9.49. The molecule has 0 aliphatic rings. The number of hydrogen-bond acceptors (Lipinski definition) is 3. The van der Waals surface area contributed by atoms with Crippen LogP contribution < -0.4 is 0 Å². The van der Waals surface area contributed by atoms with Gasteiger partial charge < -0.3 is 0 Å². The summed E-state index contributed by atoms with van der Waals surface area (Å²) in [5, 5.41) is 0.520. The van der Waals surface area contributed by atoms with Gasteiger partial charge in [-0.05, 0) is 48.5 Å². The molecule has 0 saturated heterocycles. The third-order valence-electron chi connectivity index (χ3n) is 3.67. The summed E-state index contributed by atoms with van der Waals surface area (Å²) >= 11 is 9.25. The smallest absolute Gasteiger partial charge is 0.266 e. The highest BCUT2D eigenvalue weighted by Gasteiger charge is 2.12. The molecule has 1 heterocycles. The second-order valence-electron chi connectivity index (χ2n) is 5.88. The maximum Gasteiger partial charge on any atom is 0.286 e. The van der Waals surface area contributed by atoms with Crippen LogP contribution >= 0.6 is 27.5 Å². The van der Waals surface area contributed by atoms with E-state index in [1.807, 2.05) is 24.3 Å².